The zero-order valence-electron chi connectivity index (χ0n) is 14.4. The fourth-order valence-electron chi connectivity index (χ4n) is 3.80. The van der Waals surface area contributed by atoms with Crippen LogP contribution in [0.4, 0.5) is 0 Å². The Balaban J connectivity index is 2.51. The van der Waals surface area contributed by atoms with E-state index in [0.717, 1.165) is 0 Å². The van der Waals surface area contributed by atoms with Gasteiger partial charge in [-0.2, -0.15) is 0 Å². The molecule has 0 radical (unpaired) electrons. The predicted molar refractivity (Wildman–Crippen MR) is 91.3 cm³/mol. The van der Waals surface area contributed by atoms with Crippen molar-refractivity contribution in [3.63, 3.8) is 0 Å². The summed E-state index contributed by atoms with van der Waals surface area (Å²) in [5.41, 5.74) is -0.110. The van der Waals surface area contributed by atoms with Crippen molar-refractivity contribution < 1.29 is 29.3 Å². The molecule has 0 aromatic heterocycles. The molecule has 2 N–H and O–H groups in total. The summed E-state index contributed by atoms with van der Waals surface area (Å²) in [6.45, 7) is 15.9. The molecule has 2 fully saturated rings. The number of carbonyl (C=O) groups excluding carboxylic acids is 2. The van der Waals surface area contributed by atoms with Gasteiger partial charge >= 0.3 is 11.9 Å². The van der Waals surface area contributed by atoms with Gasteiger partial charge in [0.25, 0.3) is 0 Å². The van der Waals surface area contributed by atoms with Crippen LogP contribution in [0, 0.1) is 17.3 Å². The van der Waals surface area contributed by atoms with E-state index in [1.165, 1.54) is 6.92 Å². The Labute approximate surface area is 147 Å². The van der Waals surface area contributed by atoms with Crippen LogP contribution in [0.25, 0.3) is 0 Å². The molecule has 6 nitrogen and oxygen atoms in total. The number of esters is 2. The van der Waals surface area contributed by atoms with Gasteiger partial charge in [0.2, 0.25) is 0 Å². The highest BCUT2D eigenvalue weighted by molar-refractivity contribution is 5.91. The summed E-state index contributed by atoms with van der Waals surface area (Å²) in [6.07, 6.45) is 0.264. The molecule has 1 heterocycles. The van der Waals surface area contributed by atoms with Gasteiger partial charge in [-0.25, -0.2) is 9.59 Å². The van der Waals surface area contributed by atoms with E-state index in [-0.39, 0.29) is 30.8 Å². The van der Waals surface area contributed by atoms with Crippen molar-refractivity contribution in [1.29, 1.82) is 0 Å². The number of fused-ring (bicyclic) bond motifs is 1. The van der Waals surface area contributed by atoms with Gasteiger partial charge in [-0.3, -0.25) is 0 Å². The molecule has 0 aromatic rings. The standard InChI is InChI=1S/C19H24O6/c1-6-19(9-21)7-13(24-17(22)10(2)3)14-12(5)18(23)25-16(14)15(19)11(4)8-20/h6,13-16,20-21H,1-2,4-5,7-9H2,3H3. The van der Waals surface area contributed by atoms with Gasteiger partial charge < -0.3 is 19.7 Å². The van der Waals surface area contributed by atoms with Crippen molar-refractivity contribution in [1.82, 2.24) is 0 Å². The fourth-order valence-corrected chi connectivity index (χ4v) is 3.80. The van der Waals surface area contributed by atoms with Gasteiger partial charge in [0.1, 0.15) is 12.2 Å². The second-order valence-corrected chi connectivity index (χ2v) is 6.74. The topological polar surface area (TPSA) is 93.1 Å². The highest BCUT2D eigenvalue weighted by Crippen LogP contribution is 2.53. The summed E-state index contributed by atoms with van der Waals surface area (Å²) in [7, 11) is 0. The summed E-state index contributed by atoms with van der Waals surface area (Å²) in [5.74, 6) is -2.32. The summed E-state index contributed by atoms with van der Waals surface area (Å²) >= 11 is 0. The molecule has 0 spiro atoms. The van der Waals surface area contributed by atoms with Gasteiger partial charge in [0.15, 0.2) is 0 Å². The molecule has 1 aliphatic carbocycles. The average molecular weight is 348 g/mol. The minimum absolute atomic E-state index is 0.201. The number of aliphatic hydroxyl groups excluding tert-OH is 2. The van der Waals surface area contributed by atoms with E-state index in [0.29, 0.717) is 5.57 Å². The summed E-state index contributed by atoms with van der Waals surface area (Å²) in [4.78, 5) is 24.1. The van der Waals surface area contributed by atoms with Crippen LogP contribution in [-0.4, -0.2) is 47.6 Å². The molecular formula is C19H24O6. The molecule has 136 valence electrons. The molecule has 5 atom stereocenters. The molecule has 1 saturated carbocycles. The second kappa shape index (κ2) is 6.98. The van der Waals surface area contributed by atoms with Crippen molar-refractivity contribution in [2.75, 3.05) is 13.2 Å². The van der Waals surface area contributed by atoms with Gasteiger partial charge in [-0.1, -0.05) is 25.8 Å². The Morgan fingerprint density at radius 1 is 1.44 bits per heavy atom. The van der Waals surface area contributed by atoms with Crippen LogP contribution in [0.3, 0.4) is 0 Å². The van der Waals surface area contributed by atoms with E-state index in [1.807, 2.05) is 0 Å². The quantitative estimate of drug-likeness (QED) is 0.427. The maximum absolute atomic E-state index is 12.1. The fraction of sp³-hybridized carbons (Fsp3) is 0.474. The molecule has 0 aromatic carbocycles. The molecule has 2 rings (SSSR count). The molecule has 6 heteroatoms. The normalized spacial score (nSPS) is 34.0. The monoisotopic (exact) mass is 348 g/mol. The smallest absolute Gasteiger partial charge is 0.334 e. The molecule has 0 bridgehead atoms. The summed E-state index contributed by atoms with van der Waals surface area (Å²) in [6, 6.07) is 0. The van der Waals surface area contributed by atoms with E-state index in [9.17, 15) is 19.8 Å². The molecule has 25 heavy (non-hydrogen) atoms. The molecule has 2 aliphatic rings. The third-order valence-electron chi connectivity index (χ3n) is 5.14. The van der Waals surface area contributed by atoms with Gasteiger partial charge in [-0.05, 0) is 18.9 Å². The maximum atomic E-state index is 12.1. The Morgan fingerprint density at radius 3 is 2.56 bits per heavy atom. The van der Waals surface area contributed by atoms with Crippen LogP contribution in [0.1, 0.15) is 13.3 Å². The van der Waals surface area contributed by atoms with Crippen LogP contribution in [-0.2, 0) is 19.1 Å². The average Bonchev–Trinajstić information content (AvgIpc) is 2.88. The van der Waals surface area contributed by atoms with E-state index < -0.39 is 41.4 Å². The number of hydrogen-bond donors (Lipinski definition) is 2. The number of ether oxygens (including phenoxy) is 2. The first kappa shape index (κ1) is 19.1. The zero-order chi connectivity index (χ0) is 18.9. The number of rotatable bonds is 6. The Kier molecular flexibility index (Phi) is 5.34. The maximum Gasteiger partial charge on any atom is 0.334 e. The zero-order valence-corrected chi connectivity index (χ0v) is 14.4. The van der Waals surface area contributed by atoms with E-state index in [4.69, 9.17) is 9.47 Å². The van der Waals surface area contributed by atoms with Crippen molar-refractivity contribution in [3.05, 3.63) is 49.1 Å². The first-order valence-electron chi connectivity index (χ1n) is 8.01. The van der Waals surface area contributed by atoms with Crippen molar-refractivity contribution in [2.24, 2.45) is 17.3 Å². The van der Waals surface area contributed by atoms with Gasteiger partial charge in [0, 0.05) is 22.5 Å². The van der Waals surface area contributed by atoms with Crippen LogP contribution in [0.2, 0.25) is 0 Å². The first-order chi connectivity index (χ1) is 11.7. The lowest BCUT2D eigenvalue weighted by molar-refractivity contribution is -0.162. The number of aliphatic hydroxyl groups is 2. The van der Waals surface area contributed by atoms with Crippen molar-refractivity contribution in [2.45, 2.75) is 25.6 Å². The van der Waals surface area contributed by atoms with Crippen molar-refractivity contribution >= 4 is 11.9 Å². The third kappa shape index (κ3) is 3.07. The summed E-state index contributed by atoms with van der Waals surface area (Å²) < 4.78 is 11.0. The lowest BCUT2D eigenvalue weighted by atomic mass is 9.58. The molecule has 5 unspecified atom stereocenters. The Hall–Kier alpha value is -2.18. The lowest BCUT2D eigenvalue weighted by Crippen LogP contribution is -2.54. The SMILES string of the molecule is C=CC1(CO)CC(OC(=O)C(=C)C)C2C(=C)C(=O)OC2C1C(=C)CO. The van der Waals surface area contributed by atoms with Crippen LogP contribution in [0.15, 0.2) is 49.1 Å². The third-order valence-corrected chi connectivity index (χ3v) is 5.14. The van der Waals surface area contributed by atoms with E-state index >= 15 is 0 Å². The first-order valence-corrected chi connectivity index (χ1v) is 8.01. The minimum atomic E-state index is -0.952. The van der Waals surface area contributed by atoms with Crippen LogP contribution in [0.5, 0.6) is 0 Å². The lowest BCUT2D eigenvalue weighted by Gasteiger charge is -2.49. The molecule has 0 amide bonds. The Bertz CT molecular complexity index is 648. The molecular weight excluding hydrogens is 324 g/mol. The highest BCUT2D eigenvalue weighted by Gasteiger charge is 2.59. The van der Waals surface area contributed by atoms with Crippen molar-refractivity contribution in [3.8, 4) is 0 Å². The molecule has 1 aliphatic heterocycles. The van der Waals surface area contributed by atoms with Gasteiger partial charge in [0.05, 0.1) is 19.1 Å². The van der Waals surface area contributed by atoms with Crippen LogP contribution >= 0.6 is 0 Å². The minimum Gasteiger partial charge on any atom is -0.458 e. The predicted octanol–water partition coefficient (Wildman–Crippen LogP) is 1.31. The Morgan fingerprint density at radius 2 is 2.08 bits per heavy atom. The molecule has 1 saturated heterocycles. The van der Waals surface area contributed by atoms with E-state index in [1.54, 1.807) is 6.08 Å². The van der Waals surface area contributed by atoms with Gasteiger partial charge in [-0.15, -0.1) is 6.58 Å². The van der Waals surface area contributed by atoms with Crippen LogP contribution < -0.4 is 0 Å². The number of hydrogen-bond acceptors (Lipinski definition) is 6. The second-order valence-electron chi connectivity index (χ2n) is 6.74. The summed E-state index contributed by atoms with van der Waals surface area (Å²) in [5, 5.41) is 19.6. The number of carbonyl (C=O) groups is 2. The largest absolute Gasteiger partial charge is 0.458 e. The van der Waals surface area contributed by atoms with E-state index in [2.05, 4.69) is 26.3 Å². The highest BCUT2D eigenvalue weighted by atomic mass is 16.6.